The van der Waals surface area contributed by atoms with Crippen LogP contribution >= 0.6 is 11.8 Å². The predicted molar refractivity (Wildman–Crippen MR) is 142 cm³/mol. The summed E-state index contributed by atoms with van der Waals surface area (Å²) in [4.78, 5) is 41.6. The van der Waals surface area contributed by atoms with Crippen molar-refractivity contribution >= 4 is 35.3 Å². The maximum absolute atomic E-state index is 13.7. The van der Waals surface area contributed by atoms with Crippen molar-refractivity contribution < 1.29 is 23.9 Å². The average molecular weight is 513 g/mol. The molecule has 194 valence electrons. The van der Waals surface area contributed by atoms with E-state index in [0.29, 0.717) is 24.3 Å². The van der Waals surface area contributed by atoms with Crippen molar-refractivity contribution in [2.75, 3.05) is 23.8 Å². The summed E-state index contributed by atoms with van der Waals surface area (Å²) in [7, 11) is 0. The van der Waals surface area contributed by atoms with E-state index in [2.05, 4.69) is 5.32 Å². The average Bonchev–Trinajstić information content (AvgIpc) is 2.94. The van der Waals surface area contributed by atoms with Crippen molar-refractivity contribution in [2.24, 2.45) is 0 Å². The monoisotopic (exact) mass is 512 g/mol. The largest absolute Gasteiger partial charge is 0.465 e. The van der Waals surface area contributed by atoms with Crippen molar-refractivity contribution in [2.45, 2.75) is 70.0 Å². The standard InChI is InChI=1S/C28H36N2O5S/c1-6-34-27(33)21(16-15-20-13-11-19(2)12-14-20)29-22-18-36-24-10-8-7-9-23(24)30(26(22)32)17-25(31)35-28(3,4)5/h7-14,21-22,29H,6,15-18H2,1-5H3/t21-,22?/m1/s1. The van der Waals surface area contributed by atoms with E-state index in [0.717, 1.165) is 10.5 Å². The van der Waals surface area contributed by atoms with Gasteiger partial charge in [0, 0.05) is 10.6 Å². The number of esters is 2. The fraction of sp³-hybridized carbons (Fsp3) is 0.464. The van der Waals surface area contributed by atoms with Gasteiger partial charge >= 0.3 is 11.9 Å². The smallest absolute Gasteiger partial charge is 0.326 e. The lowest BCUT2D eigenvalue weighted by molar-refractivity contribution is -0.154. The SMILES string of the molecule is CCOC(=O)[C@@H](CCc1ccc(C)cc1)NC1CSc2ccccc2N(CC(=O)OC(C)(C)C)C1=O. The zero-order valence-electron chi connectivity index (χ0n) is 21.7. The number of amides is 1. The molecule has 0 bridgehead atoms. The zero-order chi connectivity index (χ0) is 26.3. The Bertz CT molecular complexity index is 1060. The van der Waals surface area contributed by atoms with Crippen LogP contribution < -0.4 is 10.2 Å². The molecular formula is C28H36N2O5S. The van der Waals surface area contributed by atoms with Gasteiger partial charge in [-0.1, -0.05) is 42.0 Å². The van der Waals surface area contributed by atoms with Gasteiger partial charge in [0.2, 0.25) is 5.91 Å². The van der Waals surface area contributed by atoms with Crippen molar-refractivity contribution in [1.29, 1.82) is 0 Å². The van der Waals surface area contributed by atoms with E-state index in [1.54, 1.807) is 27.7 Å². The Morgan fingerprint density at radius 1 is 1.14 bits per heavy atom. The maximum Gasteiger partial charge on any atom is 0.326 e. The number of nitrogens with one attached hydrogen (secondary N) is 1. The number of nitrogens with zero attached hydrogens (tertiary/aromatic N) is 1. The number of aryl methyl sites for hydroxylation is 2. The number of fused-ring (bicyclic) bond motifs is 1. The number of carbonyl (C=O) groups is 3. The normalized spacial score (nSPS) is 16.6. The van der Waals surface area contributed by atoms with Crippen LogP contribution in [0, 0.1) is 6.92 Å². The predicted octanol–water partition coefficient (Wildman–Crippen LogP) is 4.30. The molecule has 0 aliphatic carbocycles. The van der Waals surface area contributed by atoms with Crippen LogP contribution in [0.2, 0.25) is 0 Å². The fourth-order valence-corrected chi connectivity index (χ4v) is 5.05. The Balaban J connectivity index is 1.81. The number of rotatable bonds is 9. The molecule has 0 saturated heterocycles. The number of anilines is 1. The Morgan fingerprint density at radius 2 is 1.83 bits per heavy atom. The maximum atomic E-state index is 13.7. The molecular weight excluding hydrogens is 476 g/mol. The van der Waals surface area contributed by atoms with Gasteiger partial charge in [0.05, 0.1) is 18.3 Å². The molecule has 1 aliphatic rings. The Morgan fingerprint density at radius 3 is 2.50 bits per heavy atom. The summed E-state index contributed by atoms with van der Waals surface area (Å²) in [5.74, 6) is -0.732. The summed E-state index contributed by atoms with van der Waals surface area (Å²) in [6.45, 7) is 9.22. The van der Waals surface area contributed by atoms with Gasteiger partial charge < -0.3 is 9.47 Å². The first-order valence-electron chi connectivity index (χ1n) is 12.3. The van der Waals surface area contributed by atoms with Crippen LogP contribution in [0.15, 0.2) is 53.4 Å². The summed E-state index contributed by atoms with van der Waals surface area (Å²) in [6, 6.07) is 14.3. The van der Waals surface area contributed by atoms with Crippen LogP contribution in [0.25, 0.3) is 0 Å². The number of thioether (sulfide) groups is 1. The van der Waals surface area contributed by atoms with E-state index in [4.69, 9.17) is 9.47 Å². The molecule has 7 nitrogen and oxygen atoms in total. The van der Waals surface area contributed by atoms with Gasteiger partial charge in [0.25, 0.3) is 0 Å². The summed E-state index contributed by atoms with van der Waals surface area (Å²) >= 11 is 1.52. The van der Waals surface area contributed by atoms with Crippen LogP contribution in [0.4, 0.5) is 5.69 Å². The zero-order valence-corrected chi connectivity index (χ0v) is 22.5. The third-order valence-electron chi connectivity index (χ3n) is 5.65. The highest BCUT2D eigenvalue weighted by atomic mass is 32.2. The van der Waals surface area contributed by atoms with Gasteiger partial charge in [-0.05, 0) is 65.2 Å². The molecule has 0 saturated carbocycles. The van der Waals surface area contributed by atoms with E-state index in [1.807, 2.05) is 55.5 Å². The molecule has 8 heteroatoms. The second-order valence-electron chi connectivity index (χ2n) is 9.84. The summed E-state index contributed by atoms with van der Waals surface area (Å²) in [6.07, 6.45) is 1.14. The van der Waals surface area contributed by atoms with E-state index in [9.17, 15) is 14.4 Å². The molecule has 1 unspecified atom stereocenters. The molecule has 1 N–H and O–H groups in total. The summed E-state index contributed by atoms with van der Waals surface area (Å²) in [5.41, 5.74) is 2.28. The molecule has 0 radical (unpaired) electrons. The summed E-state index contributed by atoms with van der Waals surface area (Å²) < 4.78 is 10.8. The number of hydrogen-bond donors (Lipinski definition) is 1. The first kappa shape index (κ1) is 27.7. The minimum absolute atomic E-state index is 0.209. The highest BCUT2D eigenvalue weighted by Crippen LogP contribution is 2.34. The number of benzene rings is 2. The molecule has 2 aromatic rings. The van der Waals surface area contributed by atoms with E-state index >= 15 is 0 Å². The lowest BCUT2D eigenvalue weighted by Crippen LogP contribution is -2.54. The molecule has 1 amide bonds. The molecule has 2 aromatic carbocycles. The minimum Gasteiger partial charge on any atom is -0.465 e. The topological polar surface area (TPSA) is 84.9 Å². The lowest BCUT2D eigenvalue weighted by Gasteiger charge is -2.28. The van der Waals surface area contributed by atoms with E-state index in [1.165, 1.54) is 22.2 Å². The second kappa shape index (κ2) is 12.4. The third-order valence-corrected chi connectivity index (χ3v) is 6.80. The van der Waals surface area contributed by atoms with Crippen LogP contribution in [-0.4, -0.2) is 54.4 Å². The fourth-order valence-electron chi connectivity index (χ4n) is 3.96. The van der Waals surface area contributed by atoms with Gasteiger partial charge in [-0.3, -0.25) is 24.6 Å². The lowest BCUT2D eigenvalue weighted by atomic mass is 10.0. The minimum atomic E-state index is -0.683. The molecule has 0 aromatic heterocycles. The van der Waals surface area contributed by atoms with E-state index < -0.39 is 23.7 Å². The molecule has 3 rings (SSSR count). The molecule has 2 atom stereocenters. The molecule has 36 heavy (non-hydrogen) atoms. The van der Waals surface area contributed by atoms with Crippen LogP contribution in [0.3, 0.4) is 0 Å². The highest BCUT2D eigenvalue weighted by Gasteiger charge is 2.35. The van der Waals surface area contributed by atoms with Gasteiger partial charge in [0.15, 0.2) is 0 Å². The van der Waals surface area contributed by atoms with Gasteiger partial charge in [0.1, 0.15) is 18.2 Å². The van der Waals surface area contributed by atoms with Crippen molar-refractivity contribution in [3.8, 4) is 0 Å². The van der Waals surface area contributed by atoms with Crippen molar-refractivity contribution in [3.05, 3.63) is 59.7 Å². The Kier molecular flexibility index (Phi) is 9.56. The first-order chi connectivity index (χ1) is 17.1. The van der Waals surface area contributed by atoms with Crippen LogP contribution in [-0.2, 0) is 30.3 Å². The number of para-hydroxylation sites is 1. The third kappa shape index (κ3) is 7.83. The van der Waals surface area contributed by atoms with Crippen LogP contribution in [0.1, 0.15) is 45.2 Å². The molecule has 1 aliphatic heterocycles. The molecule has 1 heterocycles. The first-order valence-corrected chi connectivity index (χ1v) is 13.3. The number of hydrogen-bond acceptors (Lipinski definition) is 7. The Hall–Kier alpha value is -2.84. The second-order valence-corrected chi connectivity index (χ2v) is 10.9. The number of ether oxygens (including phenoxy) is 2. The quantitative estimate of drug-likeness (QED) is 0.502. The molecule has 0 fully saturated rings. The van der Waals surface area contributed by atoms with Crippen LogP contribution in [0.5, 0.6) is 0 Å². The van der Waals surface area contributed by atoms with Gasteiger partial charge in [-0.25, -0.2) is 0 Å². The van der Waals surface area contributed by atoms with Crippen molar-refractivity contribution in [3.63, 3.8) is 0 Å². The van der Waals surface area contributed by atoms with Crippen molar-refractivity contribution in [1.82, 2.24) is 5.32 Å². The Labute approximate surface area is 217 Å². The van der Waals surface area contributed by atoms with E-state index in [-0.39, 0.29) is 25.0 Å². The highest BCUT2D eigenvalue weighted by molar-refractivity contribution is 7.99. The summed E-state index contributed by atoms with van der Waals surface area (Å²) in [5, 5.41) is 3.26. The number of carbonyl (C=O) groups excluding carboxylic acids is 3. The van der Waals surface area contributed by atoms with Gasteiger partial charge in [-0.2, -0.15) is 0 Å². The van der Waals surface area contributed by atoms with Gasteiger partial charge in [-0.15, -0.1) is 11.8 Å². The molecule has 0 spiro atoms.